The molecule has 2 aromatic heterocycles. The lowest BCUT2D eigenvalue weighted by Gasteiger charge is -2.06. The third-order valence-corrected chi connectivity index (χ3v) is 4.54. The van der Waals surface area contributed by atoms with Crippen LogP contribution in [0, 0.1) is 6.92 Å². The van der Waals surface area contributed by atoms with E-state index in [0.717, 1.165) is 18.4 Å². The predicted molar refractivity (Wildman–Crippen MR) is 110 cm³/mol. The van der Waals surface area contributed by atoms with Crippen LogP contribution in [-0.2, 0) is 11.2 Å². The van der Waals surface area contributed by atoms with Gasteiger partial charge in [-0.15, -0.1) is 10.2 Å². The summed E-state index contributed by atoms with van der Waals surface area (Å²) in [6, 6.07) is 19.3. The summed E-state index contributed by atoms with van der Waals surface area (Å²) in [5.74, 6) is 1.18. The Hall–Kier alpha value is -3.67. The van der Waals surface area contributed by atoms with Crippen molar-refractivity contribution in [2.75, 3.05) is 5.32 Å². The van der Waals surface area contributed by atoms with Crippen molar-refractivity contribution in [2.24, 2.45) is 0 Å². The van der Waals surface area contributed by atoms with Crippen LogP contribution >= 0.6 is 0 Å². The van der Waals surface area contributed by atoms with E-state index in [9.17, 15) is 4.79 Å². The summed E-state index contributed by atoms with van der Waals surface area (Å²) in [7, 11) is 0. The molecule has 0 radical (unpaired) electrons. The fraction of sp³-hybridized carbons (Fsp3) is 0.174. The number of hydrogen-bond acceptors (Lipinski definition) is 5. The highest BCUT2D eigenvalue weighted by molar-refractivity contribution is 5.91. The van der Waals surface area contributed by atoms with E-state index >= 15 is 0 Å². The van der Waals surface area contributed by atoms with Crippen LogP contribution in [0.25, 0.3) is 23.1 Å². The number of rotatable bonds is 7. The fourth-order valence-electron chi connectivity index (χ4n) is 3.00. The molecule has 0 unspecified atom stereocenters. The Bertz CT molecular complexity index is 1080. The van der Waals surface area contributed by atoms with Gasteiger partial charge in [0.25, 0.3) is 5.89 Å². The van der Waals surface area contributed by atoms with Gasteiger partial charge in [-0.25, -0.2) is 0 Å². The van der Waals surface area contributed by atoms with E-state index in [4.69, 9.17) is 8.83 Å². The monoisotopic (exact) mass is 387 g/mol. The van der Waals surface area contributed by atoms with E-state index in [1.165, 1.54) is 11.1 Å². The van der Waals surface area contributed by atoms with E-state index < -0.39 is 0 Å². The second-order valence-electron chi connectivity index (χ2n) is 6.86. The maximum atomic E-state index is 12.3. The molecule has 0 aliphatic rings. The SMILES string of the molecule is Cc1ccc(CCCC(=O)Nc2cccc(-c3nnc(-c4ccco4)o3)c2)cc1. The highest BCUT2D eigenvalue weighted by atomic mass is 16.4. The van der Waals surface area contributed by atoms with Crippen molar-refractivity contribution < 1.29 is 13.6 Å². The van der Waals surface area contributed by atoms with Gasteiger partial charge in [0.05, 0.1) is 6.26 Å². The Labute approximate surface area is 168 Å². The van der Waals surface area contributed by atoms with Crippen molar-refractivity contribution in [3.63, 3.8) is 0 Å². The largest absolute Gasteiger partial charge is 0.459 e. The Morgan fingerprint density at radius 3 is 2.62 bits per heavy atom. The molecule has 0 fully saturated rings. The lowest BCUT2D eigenvalue weighted by Crippen LogP contribution is -2.11. The molecule has 0 atom stereocenters. The van der Waals surface area contributed by atoms with Crippen LogP contribution in [0.5, 0.6) is 0 Å². The number of carbonyl (C=O) groups excluding carboxylic acids is 1. The average Bonchev–Trinajstić information content (AvgIpc) is 3.42. The Morgan fingerprint density at radius 1 is 1.00 bits per heavy atom. The van der Waals surface area contributed by atoms with Crippen LogP contribution in [0.4, 0.5) is 5.69 Å². The number of hydrogen-bond donors (Lipinski definition) is 1. The molecule has 0 saturated carbocycles. The normalized spacial score (nSPS) is 10.8. The molecule has 1 N–H and O–H groups in total. The minimum absolute atomic E-state index is 0.0175. The summed E-state index contributed by atoms with van der Waals surface area (Å²) in [6.45, 7) is 2.07. The highest BCUT2D eigenvalue weighted by Gasteiger charge is 2.13. The van der Waals surface area contributed by atoms with Gasteiger partial charge in [0.1, 0.15) is 0 Å². The first-order chi connectivity index (χ1) is 14.2. The summed E-state index contributed by atoms with van der Waals surface area (Å²) in [6.07, 6.45) is 3.69. The molecule has 0 spiro atoms. The summed E-state index contributed by atoms with van der Waals surface area (Å²) < 4.78 is 10.9. The smallest absolute Gasteiger partial charge is 0.283 e. The van der Waals surface area contributed by atoms with Gasteiger partial charge in [-0.3, -0.25) is 4.79 Å². The Balaban J connectivity index is 1.35. The molecule has 146 valence electrons. The molecule has 4 aromatic rings. The molecule has 0 aliphatic carbocycles. The third-order valence-electron chi connectivity index (χ3n) is 4.54. The van der Waals surface area contributed by atoms with E-state index in [0.29, 0.717) is 29.6 Å². The molecule has 0 bridgehead atoms. The van der Waals surface area contributed by atoms with Crippen LogP contribution in [-0.4, -0.2) is 16.1 Å². The van der Waals surface area contributed by atoms with Crippen LogP contribution in [0.1, 0.15) is 24.0 Å². The van der Waals surface area contributed by atoms with Gasteiger partial charge in [0.2, 0.25) is 11.8 Å². The Morgan fingerprint density at radius 2 is 1.83 bits per heavy atom. The van der Waals surface area contributed by atoms with Crippen molar-refractivity contribution in [3.8, 4) is 23.1 Å². The van der Waals surface area contributed by atoms with E-state index in [-0.39, 0.29) is 5.91 Å². The van der Waals surface area contributed by atoms with Crippen molar-refractivity contribution in [1.82, 2.24) is 10.2 Å². The molecule has 0 saturated heterocycles. The second kappa shape index (κ2) is 8.56. The maximum absolute atomic E-state index is 12.3. The molecule has 6 nitrogen and oxygen atoms in total. The number of aryl methyl sites for hydroxylation is 2. The van der Waals surface area contributed by atoms with Crippen LogP contribution in [0.2, 0.25) is 0 Å². The van der Waals surface area contributed by atoms with Gasteiger partial charge in [-0.05, 0) is 55.7 Å². The number of aromatic nitrogens is 2. The number of amides is 1. The number of nitrogens with one attached hydrogen (secondary N) is 1. The number of nitrogens with zero attached hydrogens (tertiary/aromatic N) is 2. The average molecular weight is 387 g/mol. The van der Waals surface area contributed by atoms with Crippen molar-refractivity contribution >= 4 is 11.6 Å². The van der Waals surface area contributed by atoms with Gasteiger partial charge in [0, 0.05) is 17.7 Å². The summed E-state index contributed by atoms with van der Waals surface area (Å²) in [5.41, 5.74) is 3.91. The van der Waals surface area contributed by atoms with Gasteiger partial charge >= 0.3 is 0 Å². The molecule has 4 rings (SSSR count). The van der Waals surface area contributed by atoms with E-state index in [1.54, 1.807) is 18.4 Å². The highest BCUT2D eigenvalue weighted by Crippen LogP contribution is 2.26. The molecule has 0 aliphatic heterocycles. The third kappa shape index (κ3) is 4.79. The standard InChI is InChI=1S/C23H21N3O3/c1-16-10-12-17(13-11-16)5-2-9-21(27)24-19-7-3-6-18(15-19)22-25-26-23(29-22)20-8-4-14-28-20/h3-4,6-8,10-15H,2,5,9H2,1H3,(H,24,27). The minimum atomic E-state index is -0.0175. The summed E-state index contributed by atoms with van der Waals surface area (Å²) in [5, 5.41) is 11.0. The zero-order chi connectivity index (χ0) is 20.1. The van der Waals surface area contributed by atoms with Crippen molar-refractivity contribution in [2.45, 2.75) is 26.2 Å². The lowest BCUT2D eigenvalue weighted by atomic mass is 10.1. The zero-order valence-electron chi connectivity index (χ0n) is 16.1. The molecule has 2 aromatic carbocycles. The minimum Gasteiger partial charge on any atom is -0.459 e. The van der Waals surface area contributed by atoms with Crippen molar-refractivity contribution in [3.05, 3.63) is 78.1 Å². The number of furan rings is 1. The molecule has 6 heteroatoms. The zero-order valence-corrected chi connectivity index (χ0v) is 16.1. The van der Waals surface area contributed by atoms with Gasteiger partial charge in [-0.1, -0.05) is 35.9 Å². The molecule has 29 heavy (non-hydrogen) atoms. The predicted octanol–water partition coefficient (Wildman–Crippen LogP) is 5.27. The molecular formula is C23H21N3O3. The number of benzene rings is 2. The van der Waals surface area contributed by atoms with Crippen LogP contribution in [0.3, 0.4) is 0 Å². The number of carbonyl (C=O) groups is 1. The summed E-state index contributed by atoms with van der Waals surface area (Å²) >= 11 is 0. The topological polar surface area (TPSA) is 81.2 Å². The molecule has 1 amide bonds. The molecular weight excluding hydrogens is 366 g/mol. The van der Waals surface area contributed by atoms with Crippen LogP contribution in [0.15, 0.2) is 75.8 Å². The fourth-order valence-corrected chi connectivity index (χ4v) is 3.00. The second-order valence-corrected chi connectivity index (χ2v) is 6.86. The first kappa shape index (κ1) is 18.7. The Kier molecular flexibility index (Phi) is 5.52. The van der Waals surface area contributed by atoms with E-state index in [1.807, 2.05) is 24.3 Å². The van der Waals surface area contributed by atoms with Gasteiger partial charge < -0.3 is 14.2 Å². The maximum Gasteiger partial charge on any atom is 0.283 e. The first-order valence-electron chi connectivity index (χ1n) is 9.50. The van der Waals surface area contributed by atoms with Gasteiger partial charge in [0.15, 0.2) is 5.76 Å². The summed E-state index contributed by atoms with van der Waals surface area (Å²) in [4.78, 5) is 12.3. The van der Waals surface area contributed by atoms with Crippen molar-refractivity contribution in [1.29, 1.82) is 0 Å². The lowest BCUT2D eigenvalue weighted by molar-refractivity contribution is -0.116. The quantitative estimate of drug-likeness (QED) is 0.467. The van der Waals surface area contributed by atoms with E-state index in [2.05, 4.69) is 46.7 Å². The first-order valence-corrected chi connectivity index (χ1v) is 9.50. The van der Waals surface area contributed by atoms with Gasteiger partial charge in [-0.2, -0.15) is 0 Å². The number of anilines is 1. The molecule has 2 heterocycles. The van der Waals surface area contributed by atoms with Crippen LogP contribution < -0.4 is 5.32 Å².